The van der Waals surface area contributed by atoms with E-state index in [2.05, 4.69) is 10.6 Å². The Hall–Kier alpha value is -3.11. The summed E-state index contributed by atoms with van der Waals surface area (Å²) in [6.07, 6.45) is -1.18. The predicted molar refractivity (Wildman–Crippen MR) is 86.1 cm³/mol. The monoisotopic (exact) mass is 329 g/mol. The fraction of sp³-hybridized carbons (Fsp3) is 0.176. The Morgan fingerprint density at radius 2 is 2.12 bits per heavy atom. The highest BCUT2D eigenvalue weighted by atomic mass is 19.1. The maximum atomic E-state index is 13.6. The van der Waals surface area contributed by atoms with Crippen LogP contribution in [0.1, 0.15) is 17.2 Å². The van der Waals surface area contributed by atoms with E-state index in [0.717, 1.165) is 0 Å². The van der Waals surface area contributed by atoms with Gasteiger partial charge in [-0.05, 0) is 24.3 Å². The van der Waals surface area contributed by atoms with Gasteiger partial charge in [0, 0.05) is 12.1 Å². The number of anilines is 1. The van der Waals surface area contributed by atoms with Crippen LogP contribution in [0.5, 0.6) is 5.75 Å². The second-order valence-electron chi connectivity index (χ2n) is 4.90. The summed E-state index contributed by atoms with van der Waals surface area (Å²) >= 11 is 0. The molecule has 6 nitrogen and oxygen atoms in total. The van der Waals surface area contributed by atoms with Crippen LogP contribution in [-0.2, 0) is 0 Å². The van der Waals surface area contributed by atoms with Gasteiger partial charge in [-0.2, -0.15) is 5.26 Å². The highest BCUT2D eigenvalue weighted by Crippen LogP contribution is 2.25. The highest BCUT2D eigenvalue weighted by Gasteiger charge is 2.14. The number of rotatable bonds is 5. The minimum Gasteiger partial charge on any atom is -0.495 e. The Morgan fingerprint density at radius 3 is 2.79 bits per heavy atom. The molecule has 0 aliphatic heterocycles. The molecule has 0 aliphatic carbocycles. The van der Waals surface area contributed by atoms with Gasteiger partial charge in [0.05, 0.1) is 30.5 Å². The summed E-state index contributed by atoms with van der Waals surface area (Å²) in [6, 6.07) is 11.7. The van der Waals surface area contributed by atoms with Crippen LogP contribution < -0.4 is 15.4 Å². The van der Waals surface area contributed by atoms with E-state index in [1.165, 1.54) is 31.4 Å². The van der Waals surface area contributed by atoms with E-state index in [1.54, 1.807) is 18.2 Å². The lowest BCUT2D eigenvalue weighted by molar-refractivity contribution is 0.170. The number of ether oxygens (including phenoxy) is 1. The summed E-state index contributed by atoms with van der Waals surface area (Å²) < 4.78 is 18.7. The summed E-state index contributed by atoms with van der Waals surface area (Å²) in [5, 5.41) is 23.8. The lowest BCUT2D eigenvalue weighted by atomic mass is 10.1. The molecule has 1 atom stereocenters. The molecule has 2 amide bonds. The highest BCUT2D eigenvalue weighted by molar-refractivity contribution is 5.91. The number of nitrogens with zero attached hydrogens (tertiary/aromatic N) is 1. The van der Waals surface area contributed by atoms with E-state index in [-0.39, 0.29) is 12.1 Å². The molecule has 0 bridgehead atoms. The fourth-order valence-corrected chi connectivity index (χ4v) is 2.09. The number of methoxy groups -OCH3 is 1. The van der Waals surface area contributed by atoms with Crippen molar-refractivity contribution in [3.8, 4) is 11.8 Å². The molecule has 2 aromatic rings. The molecule has 0 saturated heterocycles. The molecule has 0 spiro atoms. The number of hydrogen-bond acceptors (Lipinski definition) is 4. The number of nitrogens with one attached hydrogen (secondary N) is 2. The van der Waals surface area contributed by atoms with Gasteiger partial charge in [0.25, 0.3) is 0 Å². The van der Waals surface area contributed by atoms with E-state index in [9.17, 15) is 14.3 Å². The standard InChI is InChI=1S/C17H16FN3O3/c1-24-16-7-6-11(9-19)8-14(16)21-17(23)20-10-15(22)12-4-2-3-5-13(12)18/h2-8,15,22H,10H2,1H3,(H2,20,21,23)/t15-/m1/s1. The molecule has 0 fully saturated rings. The zero-order chi connectivity index (χ0) is 17.5. The van der Waals surface area contributed by atoms with Crippen LogP contribution in [0.25, 0.3) is 0 Å². The topological polar surface area (TPSA) is 94.4 Å². The first kappa shape index (κ1) is 17.2. The zero-order valence-electron chi connectivity index (χ0n) is 12.9. The number of aliphatic hydroxyl groups excluding tert-OH is 1. The largest absolute Gasteiger partial charge is 0.495 e. The van der Waals surface area contributed by atoms with Gasteiger partial charge in [-0.25, -0.2) is 9.18 Å². The van der Waals surface area contributed by atoms with E-state index in [1.807, 2.05) is 6.07 Å². The minimum atomic E-state index is -1.18. The molecule has 3 N–H and O–H groups in total. The van der Waals surface area contributed by atoms with Gasteiger partial charge in [0.1, 0.15) is 11.6 Å². The number of benzene rings is 2. The molecule has 0 aliphatic rings. The van der Waals surface area contributed by atoms with Crippen molar-refractivity contribution in [3.05, 3.63) is 59.4 Å². The number of aliphatic hydroxyl groups is 1. The molecule has 124 valence electrons. The predicted octanol–water partition coefficient (Wildman–Crippen LogP) is 2.56. The number of hydrogen-bond donors (Lipinski definition) is 3. The molecule has 0 heterocycles. The number of urea groups is 1. The third kappa shape index (κ3) is 4.21. The van der Waals surface area contributed by atoms with Crippen molar-refractivity contribution < 1.29 is 19.0 Å². The SMILES string of the molecule is COc1ccc(C#N)cc1NC(=O)NC[C@@H](O)c1ccccc1F. The molecule has 0 radical (unpaired) electrons. The van der Waals surface area contributed by atoms with Crippen molar-refractivity contribution in [3.63, 3.8) is 0 Å². The number of nitriles is 1. The van der Waals surface area contributed by atoms with E-state index < -0.39 is 18.0 Å². The number of carbonyl (C=O) groups excluding carboxylic acids is 1. The molecule has 24 heavy (non-hydrogen) atoms. The lowest BCUT2D eigenvalue weighted by Crippen LogP contribution is -2.32. The van der Waals surface area contributed by atoms with Crippen LogP contribution in [0.15, 0.2) is 42.5 Å². The first-order valence-corrected chi connectivity index (χ1v) is 7.10. The number of halogens is 1. The van der Waals surface area contributed by atoms with Crippen molar-refractivity contribution in [2.45, 2.75) is 6.10 Å². The van der Waals surface area contributed by atoms with E-state index in [0.29, 0.717) is 17.0 Å². The van der Waals surface area contributed by atoms with Gasteiger partial charge < -0.3 is 20.5 Å². The van der Waals surface area contributed by atoms with Crippen molar-refractivity contribution in [1.82, 2.24) is 5.32 Å². The van der Waals surface area contributed by atoms with E-state index >= 15 is 0 Å². The van der Waals surface area contributed by atoms with Crippen molar-refractivity contribution in [2.75, 3.05) is 19.0 Å². The summed E-state index contributed by atoms with van der Waals surface area (Å²) in [5.41, 5.74) is 0.772. The van der Waals surface area contributed by atoms with Crippen molar-refractivity contribution >= 4 is 11.7 Å². The summed E-state index contributed by atoms with van der Waals surface area (Å²) in [7, 11) is 1.44. The van der Waals surface area contributed by atoms with Crippen LogP contribution in [0.3, 0.4) is 0 Å². The molecule has 2 aromatic carbocycles. The molecule has 0 saturated carbocycles. The quantitative estimate of drug-likeness (QED) is 0.786. The molecule has 0 aromatic heterocycles. The van der Waals surface area contributed by atoms with Gasteiger partial charge in [0.2, 0.25) is 0 Å². The second-order valence-corrected chi connectivity index (χ2v) is 4.90. The van der Waals surface area contributed by atoms with Gasteiger partial charge in [-0.1, -0.05) is 18.2 Å². The average Bonchev–Trinajstić information content (AvgIpc) is 2.60. The number of carbonyl (C=O) groups is 1. The Balaban J connectivity index is 1.99. The van der Waals surface area contributed by atoms with E-state index in [4.69, 9.17) is 10.00 Å². The van der Waals surface area contributed by atoms with Crippen LogP contribution in [-0.4, -0.2) is 24.8 Å². The van der Waals surface area contributed by atoms with Crippen molar-refractivity contribution in [2.24, 2.45) is 0 Å². The maximum absolute atomic E-state index is 13.6. The average molecular weight is 329 g/mol. The molecule has 7 heteroatoms. The molecule has 0 unspecified atom stereocenters. The first-order chi connectivity index (χ1) is 11.5. The summed E-state index contributed by atoms with van der Waals surface area (Å²) in [5.74, 6) is -0.158. The van der Waals surface area contributed by atoms with Gasteiger partial charge in [-0.15, -0.1) is 0 Å². The maximum Gasteiger partial charge on any atom is 0.319 e. The van der Waals surface area contributed by atoms with Gasteiger partial charge >= 0.3 is 6.03 Å². The Kier molecular flexibility index (Phi) is 5.71. The van der Waals surface area contributed by atoms with Crippen LogP contribution in [0.2, 0.25) is 0 Å². The fourth-order valence-electron chi connectivity index (χ4n) is 2.09. The molecular weight excluding hydrogens is 313 g/mol. The second kappa shape index (κ2) is 7.94. The Labute approximate surface area is 138 Å². The third-order valence-corrected chi connectivity index (χ3v) is 3.30. The normalized spacial score (nSPS) is 11.2. The van der Waals surface area contributed by atoms with Gasteiger partial charge in [-0.3, -0.25) is 0 Å². The summed E-state index contributed by atoms with van der Waals surface area (Å²) in [6.45, 7) is -0.174. The van der Waals surface area contributed by atoms with Crippen molar-refractivity contribution in [1.29, 1.82) is 5.26 Å². The molecular formula is C17H16FN3O3. The smallest absolute Gasteiger partial charge is 0.319 e. The Morgan fingerprint density at radius 1 is 1.38 bits per heavy atom. The first-order valence-electron chi connectivity index (χ1n) is 7.10. The zero-order valence-corrected chi connectivity index (χ0v) is 12.9. The molecule has 2 rings (SSSR count). The Bertz CT molecular complexity index is 774. The van der Waals surface area contributed by atoms with Crippen LogP contribution in [0, 0.1) is 17.1 Å². The van der Waals surface area contributed by atoms with Crippen LogP contribution >= 0.6 is 0 Å². The third-order valence-electron chi connectivity index (χ3n) is 3.30. The number of amides is 2. The summed E-state index contributed by atoms with van der Waals surface area (Å²) in [4.78, 5) is 11.9. The minimum absolute atomic E-state index is 0.0989. The lowest BCUT2D eigenvalue weighted by Gasteiger charge is -2.15. The van der Waals surface area contributed by atoms with Crippen LogP contribution in [0.4, 0.5) is 14.9 Å². The van der Waals surface area contributed by atoms with Gasteiger partial charge in [0.15, 0.2) is 0 Å².